The van der Waals surface area contributed by atoms with Crippen molar-refractivity contribution in [2.45, 2.75) is 4.90 Å². The Morgan fingerprint density at radius 2 is 2.14 bits per heavy atom. The predicted octanol–water partition coefficient (Wildman–Crippen LogP) is 1.72. The second kappa shape index (κ2) is 4.93. The van der Waals surface area contributed by atoms with Crippen molar-refractivity contribution < 1.29 is 12.8 Å². The predicted molar refractivity (Wildman–Crippen MR) is 73.0 cm³/mol. The molecule has 2 aromatic heterocycles. The van der Waals surface area contributed by atoms with E-state index in [2.05, 4.69) is 19.8 Å². The first-order valence-corrected chi connectivity index (χ1v) is 7.47. The third kappa shape index (κ3) is 2.65. The van der Waals surface area contributed by atoms with Gasteiger partial charge in [0.15, 0.2) is 0 Å². The SMILES string of the molecule is O=S(=O)(Nc1nc2ncccn2n1)c1cc(F)ccc1Cl. The minimum atomic E-state index is -4.10. The first-order valence-electron chi connectivity index (χ1n) is 5.61. The van der Waals surface area contributed by atoms with Gasteiger partial charge in [-0.1, -0.05) is 11.6 Å². The largest absolute Gasteiger partial charge is 0.265 e. The number of benzene rings is 1. The highest BCUT2D eigenvalue weighted by Crippen LogP contribution is 2.23. The lowest BCUT2D eigenvalue weighted by Gasteiger charge is -2.06. The summed E-state index contributed by atoms with van der Waals surface area (Å²) in [6.45, 7) is 0. The highest BCUT2D eigenvalue weighted by Gasteiger charge is 2.21. The van der Waals surface area contributed by atoms with Gasteiger partial charge in [-0.2, -0.15) is 4.98 Å². The van der Waals surface area contributed by atoms with Crippen molar-refractivity contribution in [1.29, 1.82) is 0 Å². The number of rotatable bonds is 3. The molecule has 0 saturated heterocycles. The van der Waals surface area contributed by atoms with Crippen LogP contribution in [0.25, 0.3) is 5.78 Å². The van der Waals surface area contributed by atoms with Gasteiger partial charge in [-0.3, -0.25) is 0 Å². The molecule has 0 spiro atoms. The van der Waals surface area contributed by atoms with Gasteiger partial charge in [0.1, 0.15) is 10.7 Å². The molecule has 7 nitrogen and oxygen atoms in total. The van der Waals surface area contributed by atoms with E-state index in [4.69, 9.17) is 11.6 Å². The number of nitrogens with zero attached hydrogens (tertiary/aromatic N) is 4. The average Bonchev–Trinajstić information content (AvgIpc) is 2.82. The standard InChI is InChI=1S/C11H7ClFN5O2S/c12-8-3-2-7(13)6-9(8)21(19,20)17-10-15-11-14-4-1-5-18(11)16-10/h1-6H,(H,16,17). The molecule has 10 heteroatoms. The Balaban J connectivity index is 2.01. The molecule has 0 saturated carbocycles. The van der Waals surface area contributed by atoms with Gasteiger partial charge < -0.3 is 0 Å². The van der Waals surface area contributed by atoms with Crippen LogP contribution < -0.4 is 4.72 Å². The van der Waals surface area contributed by atoms with E-state index in [1.54, 1.807) is 12.3 Å². The van der Waals surface area contributed by atoms with E-state index in [-0.39, 0.29) is 16.7 Å². The Labute approximate surface area is 123 Å². The smallest absolute Gasteiger partial charge is 0.246 e. The van der Waals surface area contributed by atoms with E-state index < -0.39 is 20.7 Å². The molecule has 0 unspecified atom stereocenters. The zero-order chi connectivity index (χ0) is 15.0. The van der Waals surface area contributed by atoms with Gasteiger partial charge in [0.25, 0.3) is 21.7 Å². The van der Waals surface area contributed by atoms with Crippen molar-refractivity contribution in [2.75, 3.05) is 4.72 Å². The van der Waals surface area contributed by atoms with Crippen LogP contribution in [-0.2, 0) is 10.0 Å². The van der Waals surface area contributed by atoms with Crippen LogP contribution in [0.5, 0.6) is 0 Å². The fraction of sp³-hybridized carbons (Fsp3) is 0. The molecule has 3 aromatic rings. The maximum Gasteiger partial charge on any atom is 0.265 e. The summed E-state index contributed by atoms with van der Waals surface area (Å²) in [5.74, 6) is -0.682. The monoisotopic (exact) mass is 327 g/mol. The van der Waals surface area contributed by atoms with E-state index >= 15 is 0 Å². The molecular weight excluding hydrogens is 321 g/mol. The van der Waals surface area contributed by atoms with E-state index in [0.29, 0.717) is 0 Å². The Bertz CT molecular complexity index is 894. The fourth-order valence-corrected chi connectivity index (χ4v) is 3.09. The minimum absolute atomic E-state index is 0.106. The van der Waals surface area contributed by atoms with Crippen molar-refractivity contribution in [2.24, 2.45) is 0 Å². The Morgan fingerprint density at radius 3 is 2.90 bits per heavy atom. The highest BCUT2D eigenvalue weighted by molar-refractivity contribution is 7.92. The van der Waals surface area contributed by atoms with E-state index in [1.807, 2.05) is 0 Å². The quantitative estimate of drug-likeness (QED) is 0.791. The summed E-state index contributed by atoms with van der Waals surface area (Å²) in [5.41, 5.74) is 0. The van der Waals surface area contributed by atoms with E-state index in [1.165, 1.54) is 10.7 Å². The molecule has 2 heterocycles. The fourth-order valence-electron chi connectivity index (χ4n) is 1.63. The maximum atomic E-state index is 13.2. The normalized spacial score (nSPS) is 11.7. The van der Waals surface area contributed by atoms with Gasteiger partial charge in [-0.05, 0) is 24.3 Å². The number of sulfonamides is 1. The van der Waals surface area contributed by atoms with Gasteiger partial charge in [0.2, 0.25) is 0 Å². The lowest BCUT2D eigenvalue weighted by molar-refractivity contribution is 0.595. The summed E-state index contributed by atoms with van der Waals surface area (Å²) in [5, 5.41) is 3.79. The first-order chi connectivity index (χ1) is 9.95. The third-order valence-electron chi connectivity index (χ3n) is 2.53. The summed E-state index contributed by atoms with van der Waals surface area (Å²) >= 11 is 5.78. The van der Waals surface area contributed by atoms with Crippen LogP contribution >= 0.6 is 11.6 Å². The summed E-state index contributed by atoms with van der Waals surface area (Å²) in [7, 11) is -4.10. The number of aromatic nitrogens is 4. The molecular formula is C11H7ClFN5O2S. The van der Waals surface area contributed by atoms with E-state index in [0.717, 1.165) is 18.2 Å². The first kappa shape index (κ1) is 13.7. The molecule has 3 rings (SSSR count). The second-order valence-electron chi connectivity index (χ2n) is 3.98. The van der Waals surface area contributed by atoms with E-state index in [9.17, 15) is 12.8 Å². The summed E-state index contributed by atoms with van der Waals surface area (Å²) in [6, 6.07) is 4.65. The maximum absolute atomic E-state index is 13.2. The van der Waals surface area contributed by atoms with Crippen molar-refractivity contribution in [3.63, 3.8) is 0 Å². The van der Waals surface area contributed by atoms with Crippen molar-refractivity contribution in [1.82, 2.24) is 19.6 Å². The van der Waals surface area contributed by atoms with Crippen molar-refractivity contribution >= 4 is 33.4 Å². The molecule has 0 bridgehead atoms. The summed E-state index contributed by atoms with van der Waals surface area (Å²) in [6.07, 6.45) is 3.05. The average molecular weight is 328 g/mol. The number of fused-ring (bicyclic) bond motifs is 1. The molecule has 1 aromatic carbocycles. The molecule has 0 aliphatic heterocycles. The van der Waals surface area contributed by atoms with Crippen LogP contribution in [0.2, 0.25) is 5.02 Å². The van der Waals surface area contributed by atoms with Gasteiger partial charge in [0, 0.05) is 12.4 Å². The Kier molecular flexibility index (Phi) is 3.22. The van der Waals surface area contributed by atoms with Gasteiger partial charge in [-0.25, -0.2) is 27.0 Å². The second-order valence-corrected chi connectivity index (χ2v) is 6.04. The molecule has 21 heavy (non-hydrogen) atoms. The zero-order valence-corrected chi connectivity index (χ0v) is 11.8. The number of nitrogens with one attached hydrogen (secondary N) is 1. The molecule has 0 aliphatic rings. The molecule has 108 valence electrons. The van der Waals surface area contributed by atoms with Crippen LogP contribution in [0.3, 0.4) is 0 Å². The molecule has 0 atom stereocenters. The van der Waals surface area contributed by atoms with Crippen LogP contribution in [0.1, 0.15) is 0 Å². The number of halogens is 2. The molecule has 0 radical (unpaired) electrons. The van der Waals surface area contributed by atoms with Crippen molar-refractivity contribution in [3.8, 4) is 0 Å². The highest BCUT2D eigenvalue weighted by atomic mass is 35.5. The van der Waals surface area contributed by atoms with Crippen LogP contribution in [0.4, 0.5) is 10.3 Å². The Hall–Kier alpha value is -2.26. The minimum Gasteiger partial charge on any atom is -0.246 e. The van der Waals surface area contributed by atoms with Crippen LogP contribution in [0, 0.1) is 5.82 Å². The summed E-state index contributed by atoms with van der Waals surface area (Å²) < 4.78 is 41.0. The topological polar surface area (TPSA) is 89.2 Å². The Morgan fingerprint density at radius 1 is 1.33 bits per heavy atom. The third-order valence-corrected chi connectivity index (χ3v) is 4.33. The molecule has 0 aliphatic carbocycles. The lowest BCUT2D eigenvalue weighted by Crippen LogP contribution is -2.14. The lowest BCUT2D eigenvalue weighted by atomic mass is 10.3. The van der Waals surface area contributed by atoms with Crippen LogP contribution in [0.15, 0.2) is 41.6 Å². The number of anilines is 1. The summed E-state index contributed by atoms with van der Waals surface area (Å²) in [4.78, 5) is 7.40. The molecule has 1 N–H and O–H groups in total. The van der Waals surface area contributed by atoms with Gasteiger partial charge in [-0.15, -0.1) is 5.10 Å². The zero-order valence-electron chi connectivity index (χ0n) is 10.2. The molecule has 0 amide bonds. The van der Waals surface area contributed by atoms with Crippen molar-refractivity contribution in [3.05, 3.63) is 47.5 Å². The van der Waals surface area contributed by atoms with Crippen LogP contribution in [-0.4, -0.2) is 28.0 Å². The molecule has 0 fully saturated rings. The number of hydrogen-bond donors (Lipinski definition) is 1. The van der Waals surface area contributed by atoms with Gasteiger partial charge in [0.05, 0.1) is 5.02 Å². The number of hydrogen-bond acceptors (Lipinski definition) is 5. The van der Waals surface area contributed by atoms with Gasteiger partial charge >= 0.3 is 0 Å².